The Hall–Kier alpha value is -2.17. The van der Waals surface area contributed by atoms with E-state index in [0.29, 0.717) is 13.1 Å². The second-order valence-corrected chi connectivity index (χ2v) is 5.36. The van der Waals surface area contributed by atoms with Crippen molar-refractivity contribution in [2.24, 2.45) is 0 Å². The molecule has 0 saturated carbocycles. The number of carbonyl (C=O) groups is 3. The van der Waals surface area contributed by atoms with Gasteiger partial charge >= 0.3 is 27.0 Å². The van der Waals surface area contributed by atoms with E-state index in [0.717, 1.165) is 4.90 Å². The Morgan fingerprint density at radius 1 is 0.680 bits per heavy atom. The highest BCUT2D eigenvalue weighted by Gasteiger charge is 2.21. The number of nitrogens with zero attached hydrogens (tertiary/aromatic N) is 4. The predicted molar refractivity (Wildman–Crippen MR) is 86.1 cm³/mol. The molecule has 1 heterocycles. The number of rotatable bonds is 0. The van der Waals surface area contributed by atoms with Crippen LogP contribution in [-0.4, -0.2) is 117 Å². The van der Waals surface area contributed by atoms with E-state index in [-0.39, 0.29) is 39.3 Å². The van der Waals surface area contributed by atoms with Crippen LogP contribution in [-0.2, 0) is 4.57 Å². The molecule has 0 aromatic carbocycles. The Bertz CT molecular complexity index is 436. The summed E-state index contributed by atoms with van der Waals surface area (Å²) in [6.07, 6.45) is -3.38. The summed E-state index contributed by atoms with van der Waals surface area (Å²) in [5, 5.41) is 27.4. The molecule has 13 heteroatoms. The van der Waals surface area contributed by atoms with Crippen LogP contribution in [0.5, 0.6) is 0 Å². The zero-order valence-electron chi connectivity index (χ0n) is 13.8. The Balaban J connectivity index is 0.00000178. The highest BCUT2D eigenvalue weighted by Crippen LogP contribution is 2.00. The summed E-state index contributed by atoms with van der Waals surface area (Å²) >= 11 is 0. The Kier molecular flexibility index (Phi) is 11.2. The van der Waals surface area contributed by atoms with Crippen LogP contribution in [0, 0.1) is 0 Å². The lowest BCUT2D eigenvalue weighted by Crippen LogP contribution is -2.48. The van der Waals surface area contributed by atoms with Gasteiger partial charge in [-0.25, -0.2) is 18.9 Å². The third-order valence-electron chi connectivity index (χ3n) is 3.59. The number of likely N-dealkylation sites (N-methyl/N-ethyl adjacent to an activating group) is 1. The average Bonchev–Trinajstić information content (AvgIpc) is 2.50. The number of carboxylic acid groups (broad SMARTS) is 3. The van der Waals surface area contributed by atoms with E-state index < -0.39 is 27.0 Å². The molecule has 1 fully saturated rings. The van der Waals surface area contributed by atoms with E-state index in [1.807, 2.05) is 4.90 Å². The van der Waals surface area contributed by atoms with Gasteiger partial charge in [-0.3, -0.25) is 0 Å². The second kappa shape index (κ2) is 12.2. The molecular weight excluding hydrogens is 359 g/mol. The molecule has 3 amide bonds. The third kappa shape index (κ3) is 9.65. The molecule has 1 saturated heterocycles. The first-order chi connectivity index (χ1) is 11.7. The molecule has 0 atom stereocenters. The van der Waals surface area contributed by atoms with Crippen LogP contribution in [0.1, 0.15) is 0 Å². The van der Waals surface area contributed by atoms with E-state index in [1.54, 1.807) is 7.05 Å². The summed E-state index contributed by atoms with van der Waals surface area (Å²) in [4.78, 5) is 45.7. The molecule has 144 valence electrons. The summed E-state index contributed by atoms with van der Waals surface area (Å²) in [5.74, 6) is 0. The van der Waals surface area contributed by atoms with Gasteiger partial charge in [0.1, 0.15) is 0 Å². The van der Waals surface area contributed by atoms with Gasteiger partial charge in [0, 0.05) is 52.4 Å². The van der Waals surface area contributed by atoms with E-state index in [4.69, 9.17) is 24.8 Å². The van der Waals surface area contributed by atoms with Gasteiger partial charge < -0.3 is 39.8 Å². The molecule has 0 radical (unpaired) electrons. The van der Waals surface area contributed by atoms with Crippen molar-refractivity contribution >= 4 is 27.0 Å². The molecule has 1 aliphatic rings. The first-order valence-corrected chi connectivity index (χ1v) is 8.08. The zero-order chi connectivity index (χ0) is 19.4. The quantitative estimate of drug-likeness (QED) is 0.424. The molecule has 0 aliphatic carbocycles. The summed E-state index contributed by atoms with van der Waals surface area (Å²) in [7, 11) is 0.954. The first-order valence-electron chi connectivity index (χ1n) is 7.31. The molecule has 0 unspecified atom stereocenters. The van der Waals surface area contributed by atoms with Crippen molar-refractivity contribution in [1.82, 2.24) is 19.6 Å². The highest BCUT2D eigenvalue weighted by molar-refractivity contribution is 7.16. The maximum Gasteiger partial charge on any atom is 0.407 e. The zero-order valence-corrected chi connectivity index (χ0v) is 14.7. The second-order valence-electron chi connectivity index (χ2n) is 5.19. The van der Waals surface area contributed by atoms with Crippen molar-refractivity contribution < 1.29 is 39.2 Å². The Morgan fingerprint density at radius 3 is 1.08 bits per heavy atom. The van der Waals surface area contributed by atoms with E-state index in [1.165, 1.54) is 9.80 Å². The molecule has 25 heavy (non-hydrogen) atoms. The largest absolute Gasteiger partial charge is 0.465 e. The summed E-state index contributed by atoms with van der Waals surface area (Å²) in [5.41, 5.74) is 0. The van der Waals surface area contributed by atoms with Crippen LogP contribution in [0.2, 0.25) is 0 Å². The van der Waals surface area contributed by atoms with Gasteiger partial charge in [0.25, 0.3) is 0 Å². The van der Waals surface area contributed by atoms with Crippen LogP contribution in [0.15, 0.2) is 0 Å². The molecule has 0 spiro atoms. The summed E-state index contributed by atoms with van der Waals surface area (Å²) < 4.78 is 8.46. The third-order valence-corrected chi connectivity index (χ3v) is 3.59. The fourth-order valence-electron chi connectivity index (χ4n) is 2.09. The lowest BCUT2D eigenvalue weighted by atomic mass is 10.3. The SMILES string of the molecule is CN1CCN(C(=O)O)CCN(C(=O)O)CCN(C(=O)O)CC1.O=PO. The smallest absolute Gasteiger partial charge is 0.407 e. The van der Waals surface area contributed by atoms with Crippen molar-refractivity contribution in [2.45, 2.75) is 0 Å². The van der Waals surface area contributed by atoms with E-state index in [9.17, 15) is 14.4 Å². The van der Waals surface area contributed by atoms with Crippen molar-refractivity contribution in [1.29, 1.82) is 0 Å². The molecule has 0 aromatic rings. The first kappa shape index (κ1) is 22.8. The Labute approximate surface area is 146 Å². The van der Waals surface area contributed by atoms with Gasteiger partial charge in [-0.1, -0.05) is 0 Å². The lowest BCUT2D eigenvalue weighted by molar-refractivity contribution is 0.102. The van der Waals surface area contributed by atoms with Crippen LogP contribution in [0.4, 0.5) is 14.4 Å². The lowest BCUT2D eigenvalue weighted by Gasteiger charge is -2.30. The minimum atomic E-state index is -1.19. The maximum absolute atomic E-state index is 11.2. The number of hydrogen-bond acceptors (Lipinski definition) is 5. The minimum absolute atomic E-state index is 0.0127. The molecule has 0 aromatic heterocycles. The van der Waals surface area contributed by atoms with Gasteiger partial charge in [0.05, 0.1) is 0 Å². The van der Waals surface area contributed by atoms with Crippen LogP contribution in [0.3, 0.4) is 0 Å². The predicted octanol–water partition coefficient (Wildman–Crippen LogP) is 0.0572. The van der Waals surface area contributed by atoms with Gasteiger partial charge in [-0.05, 0) is 7.05 Å². The molecule has 0 bridgehead atoms. The van der Waals surface area contributed by atoms with Crippen LogP contribution < -0.4 is 0 Å². The number of amides is 3. The van der Waals surface area contributed by atoms with Crippen molar-refractivity contribution in [3.8, 4) is 0 Å². The van der Waals surface area contributed by atoms with Crippen molar-refractivity contribution in [3.05, 3.63) is 0 Å². The van der Waals surface area contributed by atoms with Gasteiger partial charge in [-0.2, -0.15) is 0 Å². The highest BCUT2D eigenvalue weighted by atomic mass is 31.1. The summed E-state index contributed by atoms with van der Waals surface area (Å²) in [6.45, 7) is 1.53. The topological polar surface area (TPSA) is 162 Å². The normalized spacial score (nSPS) is 17.8. The minimum Gasteiger partial charge on any atom is -0.465 e. The molecular formula is C12H23N4O8P. The fourth-order valence-corrected chi connectivity index (χ4v) is 2.09. The van der Waals surface area contributed by atoms with Crippen molar-refractivity contribution in [2.75, 3.05) is 59.4 Å². The van der Waals surface area contributed by atoms with Gasteiger partial charge in [-0.15, -0.1) is 0 Å². The fraction of sp³-hybridized carbons (Fsp3) is 0.750. The summed E-state index contributed by atoms with van der Waals surface area (Å²) in [6, 6.07) is 0. The average molecular weight is 382 g/mol. The van der Waals surface area contributed by atoms with Crippen LogP contribution in [0.25, 0.3) is 0 Å². The van der Waals surface area contributed by atoms with Gasteiger partial charge in [0.15, 0.2) is 0 Å². The molecule has 1 aliphatic heterocycles. The standard InChI is InChI=1S/C12H22N4O6.HO2P/c1-13-2-4-14(10(17)18)6-8-16(12(21)22)9-7-15(5-3-13)11(19)20;1-3-2/h2-9H2,1H3,(H,17,18)(H,19,20)(H,21,22);(H,1,2). The maximum atomic E-state index is 11.2. The van der Waals surface area contributed by atoms with E-state index >= 15 is 0 Å². The van der Waals surface area contributed by atoms with E-state index in [2.05, 4.69) is 0 Å². The monoisotopic (exact) mass is 382 g/mol. The van der Waals surface area contributed by atoms with Gasteiger partial charge in [0.2, 0.25) is 0 Å². The molecule has 4 N–H and O–H groups in total. The molecule has 12 nitrogen and oxygen atoms in total. The molecule has 1 rings (SSSR count). The number of hydrogen-bond donors (Lipinski definition) is 4. The Morgan fingerprint density at radius 2 is 0.880 bits per heavy atom. The van der Waals surface area contributed by atoms with Crippen LogP contribution >= 0.6 is 8.69 Å². The van der Waals surface area contributed by atoms with Crippen molar-refractivity contribution in [3.63, 3.8) is 0 Å².